The summed E-state index contributed by atoms with van der Waals surface area (Å²) < 4.78 is 40.7. The summed E-state index contributed by atoms with van der Waals surface area (Å²) in [6.07, 6.45) is 3.32. The van der Waals surface area contributed by atoms with Gasteiger partial charge in [0.1, 0.15) is 23.9 Å². The Morgan fingerprint density at radius 2 is 2.00 bits per heavy atom. The van der Waals surface area contributed by atoms with Crippen LogP contribution >= 0.6 is 0 Å². The molecule has 0 radical (unpaired) electrons. The molecule has 0 spiro atoms. The standard InChI is InChI=1S/C25H24F2N4O2/c1-14(2)31-4-5-33-25-19(26)9-16(10-21(25)31)24-20(27)13-29-23(30-24)8-15-6-17-11-28-12-18(17)22(7-15)32-3/h6-7,9-10,12-14H,4-5,8,11H2,1-3H3. The first kappa shape index (κ1) is 21.3. The SMILES string of the molecule is COc1cc(Cc2ncc(F)c(-c3cc(F)c4c(c3)N(C(C)C)CCO4)n2)cc2c1C=NC2. The Hall–Kier alpha value is -3.55. The number of halogens is 2. The van der Waals surface area contributed by atoms with Crippen molar-refractivity contribution < 1.29 is 18.3 Å². The molecular formula is C25H24F2N4O2. The van der Waals surface area contributed by atoms with Crippen molar-refractivity contribution in [2.24, 2.45) is 4.99 Å². The van der Waals surface area contributed by atoms with Crippen LogP contribution in [0, 0.1) is 11.6 Å². The summed E-state index contributed by atoms with van der Waals surface area (Å²) in [4.78, 5) is 15.0. The monoisotopic (exact) mass is 450 g/mol. The van der Waals surface area contributed by atoms with E-state index in [9.17, 15) is 8.78 Å². The van der Waals surface area contributed by atoms with E-state index in [1.807, 2.05) is 30.9 Å². The highest BCUT2D eigenvalue weighted by atomic mass is 19.1. The fourth-order valence-electron chi connectivity index (χ4n) is 4.38. The molecule has 6 nitrogen and oxygen atoms in total. The molecule has 5 rings (SSSR count). The molecule has 33 heavy (non-hydrogen) atoms. The summed E-state index contributed by atoms with van der Waals surface area (Å²) in [6, 6.07) is 7.11. The van der Waals surface area contributed by atoms with E-state index in [1.54, 1.807) is 19.4 Å². The number of methoxy groups -OCH3 is 1. The Balaban J connectivity index is 1.52. The summed E-state index contributed by atoms with van der Waals surface area (Å²) in [7, 11) is 1.62. The minimum absolute atomic E-state index is 0.0624. The molecule has 0 bridgehead atoms. The third-order valence-corrected chi connectivity index (χ3v) is 5.95. The number of rotatable bonds is 5. The van der Waals surface area contributed by atoms with Crippen LogP contribution in [0.25, 0.3) is 11.3 Å². The van der Waals surface area contributed by atoms with Crippen molar-refractivity contribution >= 4 is 11.9 Å². The van der Waals surface area contributed by atoms with Crippen LogP contribution in [0.15, 0.2) is 35.5 Å². The van der Waals surface area contributed by atoms with Crippen LogP contribution in [-0.2, 0) is 13.0 Å². The van der Waals surface area contributed by atoms with Crippen molar-refractivity contribution in [2.75, 3.05) is 25.2 Å². The Kier molecular flexibility index (Phi) is 5.44. The molecule has 0 aliphatic carbocycles. The molecule has 1 aromatic heterocycles. The maximum absolute atomic E-state index is 14.9. The predicted molar refractivity (Wildman–Crippen MR) is 122 cm³/mol. The quantitative estimate of drug-likeness (QED) is 0.570. The molecule has 3 aromatic rings. The van der Waals surface area contributed by atoms with E-state index in [4.69, 9.17) is 9.47 Å². The molecule has 170 valence electrons. The number of nitrogens with zero attached hydrogens (tertiary/aromatic N) is 4. The Morgan fingerprint density at radius 3 is 2.79 bits per heavy atom. The molecule has 0 saturated carbocycles. The molecule has 0 atom stereocenters. The second kappa shape index (κ2) is 8.42. The number of hydrogen-bond donors (Lipinski definition) is 0. The van der Waals surface area contributed by atoms with Gasteiger partial charge in [-0.1, -0.05) is 6.07 Å². The largest absolute Gasteiger partial charge is 0.496 e. The van der Waals surface area contributed by atoms with Gasteiger partial charge in [-0.15, -0.1) is 0 Å². The molecule has 0 fully saturated rings. The smallest absolute Gasteiger partial charge is 0.178 e. The normalized spacial score (nSPS) is 14.3. The maximum Gasteiger partial charge on any atom is 0.178 e. The van der Waals surface area contributed by atoms with Gasteiger partial charge in [-0.2, -0.15) is 0 Å². The van der Waals surface area contributed by atoms with Gasteiger partial charge in [0.15, 0.2) is 17.4 Å². The molecular weight excluding hydrogens is 426 g/mol. The molecule has 0 amide bonds. The van der Waals surface area contributed by atoms with E-state index in [1.165, 1.54) is 6.07 Å². The summed E-state index contributed by atoms with van der Waals surface area (Å²) in [5.41, 5.74) is 4.00. The van der Waals surface area contributed by atoms with Gasteiger partial charge in [-0.05, 0) is 43.2 Å². The van der Waals surface area contributed by atoms with Gasteiger partial charge in [-0.25, -0.2) is 18.7 Å². The van der Waals surface area contributed by atoms with Crippen molar-refractivity contribution in [3.63, 3.8) is 0 Å². The average Bonchev–Trinajstić information content (AvgIpc) is 3.28. The van der Waals surface area contributed by atoms with Gasteiger partial charge >= 0.3 is 0 Å². The van der Waals surface area contributed by atoms with Gasteiger partial charge in [-0.3, -0.25) is 4.99 Å². The Labute approximate surface area is 190 Å². The van der Waals surface area contributed by atoms with Crippen LogP contribution < -0.4 is 14.4 Å². The van der Waals surface area contributed by atoms with Crippen molar-refractivity contribution in [2.45, 2.75) is 32.9 Å². The second-order valence-corrected chi connectivity index (χ2v) is 8.44. The average molecular weight is 450 g/mol. The molecule has 0 saturated heterocycles. The lowest BCUT2D eigenvalue weighted by molar-refractivity contribution is 0.287. The van der Waals surface area contributed by atoms with E-state index >= 15 is 0 Å². The summed E-state index contributed by atoms with van der Waals surface area (Å²) in [5.74, 6) is 0.224. The zero-order valence-corrected chi connectivity index (χ0v) is 18.7. The first-order valence-electron chi connectivity index (χ1n) is 10.9. The lowest BCUT2D eigenvalue weighted by Gasteiger charge is -2.34. The number of fused-ring (bicyclic) bond motifs is 2. The van der Waals surface area contributed by atoms with E-state index in [0.29, 0.717) is 43.2 Å². The molecule has 0 unspecified atom stereocenters. The highest BCUT2D eigenvalue weighted by Gasteiger charge is 2.26. The fraction of sp³-hybridized carbons (Fsp3) is 0.320. The number of benzene rings is 2. The third-order valence-electron chi connectivity index (χ3n) is 5.95. The first-order chi connectivity index (χ1) is 15.9. The Bertz CT molecular complexity index is 1260. The maximum atomic E-state index is 14.9. The third kappa shape index (κ3) is 3.90. The van der Waals surface area contributed by atoms with Crippen molar-refractivity contribution in [1.82, 2.24) is 9.97 Å². The number of ether oxygens (including phenoxy) is 2. The summed E-state index contributed by atoms with van der Waals surface area (Å²) >= 11 is 0. The van der Waals surface area contributed by atoms with Crippen molar-refractivity contribution in [3.8, 4) is 22.8 Å². The summed E-state index contributed by atoms with van der Waals surface area (Å²) in [5, 5.41) is 0. The van der Waals surface area contributed by atoms with Crippen LogP contribution in [0.5, 0.6) is 11.5 Å². The van der Waals surface area contributed by atoms with Crippen LogP contribution in [0.4, 0.5) is 14.5 Å². The topological polar surface area (TPSA) is 59.8 Å². The van der Waals surface area contributed by atoms with Gasteiger partial charge in [0.25, 0.3) is 0 Å². The Morgan fingerprint density at radius 1 is 1.15 bits per heavy atom. The lowest BCUT2D eigenvalue weighted by atomic mass is 10.0. The van der Waals surface area contributed by atoms with Crippen molar-refractivity contribution in [1.29, 1.82) is 0 Å². The number of hydrogen-bond acceptors (Lipinski definition) is 6. The number of aromatic nitrogens is 2. The van der Waals surface area contributed by atoms with E-state index < -0.39 is 11.6 Å². The molecule has 2 aliphatic rings. The van der Waals surface area contributed by atoms with Gasteiger partial charge < -0.3 is 14.4 Å². The van der Waals surface area contributed by atoms with Crippen molar-refractivity contribution in [3.05, 3.63) is 64.6 Å². The van der Waals surface area contributed by atoms with E-state index in [2.05, 4.69) is 15.0 Å². The fourth-order valence-corrected chi connectivity index (χ4v) is 4.38. The minimum Gasteiger partial charge on any atom is -0.496 e. The van der Waals surface area contributed by atoms with Crippen LogP contribution in [-0.4, -0.2) is 42.5 Å². The zero-order chi connectivity index (χ0) is 23.1. The molecule has 3 heterocycles. The van der Waals surface area contributed by atoms with E-state index in [0.717, 1.165) is 28.6 Å². The molecule has 8 heteroatoms. The predicted octanol–water partition coefficient (Wildman–Crippen LogP) is 4.56. The van der Waals surface area contributed by atoms with Crippen LogP contribution in [0.2, 0.25) is 0 Å². The number of aliphatic imine (C=N–C) groups is 1. The highest BCUT2D eigenvalue weighted by Crippen LogP contribution is 2.39. The lowest BCUT2D eigenvalue weighted by Crippen LogP contribution is -2.38. The first-order valence-corrected chi connectivity index (χ1v) is 10.9. The highest BCUT2D eigenvalue weighted by molar-refractivity contribution is 5.88. The molecule has 2 aromatic carbocycles. The van der Waals surface area contributed by atoms with Gasteiger partial charge in [0, 0.05) is 29.8 Å². The minimum atomic E-state index is -0.606. The second-order valence-electron chi connectivity index (χ2n) is 8.44. The van der Waals surface area contributed by atoms with Gasteiger partial charge in [0.2, 0.25) is 0 Å². The van der Waals surface area contributed by atoms with Crippen LogP contribution in [0.3, 0.4) is 0 Å². The zero-order valence-electron chi connectivity index (χ0n) is 18.7. The molecule has 0 N–H and O–H groups in total. The van der Waals surface area contributed by atoms with Gasteiger partial charge in [0.05, 0.1) is 32.1 Å². The van der Waals surface area contributed by atoms with E-state index in [-0.39, 0.29) is 17.5 Å². The number of anilines is 1. The summed E-state index contributed by atoms with van der Waals surface area (Å²) in [6.45, 7) is 5.69. The van der Waals surface area contributed by atoms with Crippen LogP contribution in [0.1, 0.15) is 36.4 Å². The molecule has 2 aliphatic heterocycles.